The Balaban J connectivity index is 0.00000240. The van der Waals surface area contributed by atoms with Gasteiger partial charge in [0.2, 0.25) is 0 Å². The number of halogens is 1. The smallest absolute Gasteiger partial charge is 0.298 e. The van der Waals surface area contributed by atoms with Crippen molar-refractivity contribution >= 4 is 113 Å². The zero-order chi connectivity index (χ0) is 21.6. The van der Waals surface area contributed by atoms with E-state index >= 15 is 0 Å². The number of phenols is 2. The molecule has 15 heteroatoms. The minimum absolute atomic E-state index is 0. The summed E-state index contributed by atoms with van der Waals surface area (Å²) in [4.78, 5) is -1.29. The second-order valence-electron chi connectivity index (χ2n) is 5.71. The summed E-state index contributed by atoms with van der Waals surface area (Å²) in [6, 6.07) is 8.19. The molecule has 0 amide bonds. The van der Waals surface area contributed by atoms with Crippen LogP contribution in [0, 0.1) is 0 Å². The molecule has 154 valence electrons. The normalized spacial score (nSPS) is 11.8. The van der Waals surface area contributed by atoms with Crippen molar-refractivity contribution in [2.45, 2.75) is 9.79 Å². The van der Waals surface area contributed by atoms with Gasteiger partial charge in [0, 0.05) is 74.9 Å². The Bertz CT molecular complexity index is 1400. The third kappa shape index (κ3) is 6.18. The molecule has 2 radical (unpaired) electrons. The second-order valence-corrected chi connectivity index (χ2v) is 8.92. The molecule has 0 saturated carbocycles. The van der Waals surface area contributed by atoms with Crippen LogP contribution in [-0.2, 0) is 20.2 Å². The van der Waals surface area contributed by atoms with E-state index in [0.717, 1.165) is 18.2 Å². The molecule has 3 rings (SSSR count). The molecule has 0 aliphatic rings. The second kappa shape index (κ2) is 10.4. The van der Waals surface area contributed by atoms with Crippen LogP contribution >= 0.6 is 11.6 Å². The SMILES string of the molecule is O=S(=O)(O)c1cc(Cl)cc(N=Nc2ccc3c(S(=O)(=O)O)cccc3c2O)c1O.[Na].[Na]. The predicted octanol–water partition coefficient (Wildman–Crippen LogP) is 3.05. The van der Waals surface area contributed by atoms with Gasteiger partial charge in [-0.25, -0.2) is 0 Å². The van der Waals surface area contributed by atoms with E-state index < -0.39 is 47.2 Å². The van der Waals surface area contributed by atoms with Crippen LogP contribution in [0.2, 0.25) is 5.02 Å². The van der Waals surface area contributed by atoms with Gasteiger partial charge in [0.1, 0.15) is 21.2 Å². The molecule has 0 aliphatic carbocycles. The molecule has 4 N–H and O–H groups in total. The topological polar surface area (TPSA) is 174 Å². The largest absolute Gasteiger partial charge is 0.505 e. The Morgan fingerprint density at radius 2 is 1.29 bits per heavy atom. The molecule has 0 aliphatic heterocycles. The molecular weight excluding hydrogens is 494 g/mol. The van der Waals surface area contributed by atoms with Gasteiger partial charge in [-0.3, -0.25) is 9.11 Å². The van der Waals surface area contributed by atoms with Crippen molar-refractivity contribution in [3.63, 3.8) is 0 Å². The summed E-state index contributed by atoms with van der Waals surface area (Å²) in [7, 11) is -9.32. The first-order valence-corrected chi connectivity index (χ1v) is 10.8. The molecule has 0 bridgehead atoms. The first kappa shape index (κ1) is 28.3. The molecule has 3 aromatic carbocycles. The number of rotatable bonds is 4. The molecule has 0 fully saturated rings. The molecule has 0 atom stereocenters. The molecular formula is C16H11ClN2Na2O8S2. The van der Waals surface area contributed by atoms with E-state index in [2.05, 4.69) is 10.2 Å². The molecule has 0 heterocycles. The van der Waals surface area contributed by atoms with E-state index in [-0.39, 0.29) is 80.6 Å². The van der Waals surface area contributed by atoms with Gasteiger partial charge in [0.25, 0.3) is 20.2 Å². The number of nitrogens with zero attached hydrogens (tertiary/aromatic N) is 2. The standard InChI is InChI=1S/C16H11ClN2O8S2.2Na/c17-8-6-12(16(21)14(7-8)29(25,26)27)19-18-11-5-4-9-10(15(11)20)2-1-3-13(9)28(22,23)24;;/h1-7,20-21H,(H,22,23,24)(H,25,26,27);;. The van der Waals surface area contributed by atoms with E-state index in [1.165, 1.54) is 24.3 Å². The fraction of sp³-hybridized carbons (Fsp3) is 0. The fourth-order valence-corrected chi connectivity index (χ4v) is 4.16. The third-order valence-corrected chi connectivity index (χ3v) is 5.81. The first-order valence-electron chi connectivity index (χ1n) is 7.53. The van der Waals surface area contributed by atoms with Gasteiger partial charge in [-0.2, -0.15) is 16.8 Å². The number of azo groups is 1. The van der Waals surface area contributed by atoms with E-state index in [4.69, 9.17) is 16.2 Å². The maximum Gasteiger partial charge on any atom is 0.298 e. The molecule has 0 unspecified atom stereocenters. The van der Waals surface area contributed by atoms with Crippen molar-refractivity contribution in [2.24, 2.45) is 10.2 Å². The van der Waals surface area contributed by atoms with Gasteiger partial charge in [0.15, 0.2) is 11.5 Å². The van der Waals surface area contributed by atoms with E-state index in [9.17, 15) is 31.6 Å². The maximum atomic E-state index is 11.5. The van der Waals surface area contributed by atoms with Crippen LogP contribution < -0.4 is 0 Å². The van der Waals surface area contributed by atoms with Crippen molar-refractivity contribution in [3.05, 3.63) is 47.5 Å². The van der Waals surface area contributed by atoms with Crippen molar-refractivity contribution in [1.82, 2.24) is 0 Å². The van der Waals surface area contributed by atoms with Crippen molar-refractivity contribution in [1.29, 1.82) is 0 Å². The Kier molecular flexibility index (Phi) is 9.52. The van der Waals surface area contributed by atoms with Crippen molar-refractivity contribution in [3.8, 4) is 11.5 Å². The van der Waals surface area contributed by atoms with Crippen LogP contribution in [0.15, 0.2) is 62.5 Å². The summed E-state index contributed by atoms with van der Waals surface area (Å²) in [6.07, 6.45) is 0. The quantitative estimate of drug-likeness (QED) is 0.238. The van der Waals surface area contributed by atoms with Crippen molar-refractivity contribution in [2.75, 3.05) is 0 Å². The number of hydrogen-bond donors (Lipinski definition) is 4. The van der Waals surface area contributed by atoms with Gasteiger partial charge in [-0.1, -0.05) is 29.8 Å². The van der Waals surface area contributed by atoms with E-state index in [1.807, 2.05) is 0 Å². The molecule has 31 heavy (non-hydrogen) atoms. The number of hydrogen-bond acceptors (Lipinski definition) is 8. The van der Waals surface area contributed by atoms with Gasteiger partial charge in [-0.05, 0) is 24.3 Å². The van der Waals surface area contributed by atoms with Gasteiger partial charge in [-0.15, -0.1) is 10.2 Å². The number of benzene rings is 3. The molecule has 10 nitrogen and oxygen atoms in total. The minimum atomic E-state index is -4.78. The first-order chi connectivity index (χ1) is 13.4. The predicted molar refractivity (Wildman–Crippen MR) is 114 cm³/mol. The van der Waals surface area contributed by atoms with Crippen LogP contribution in [-0.4, -0.2) is 95.3 Å². The Morgan fingerprint density at radius 1 is 0.710 bits per heavy atom. The van der Waals surface area contributed by atoms with Crippen molar-refractivity contribution < 1.29 is 36.2 Å². The van der Waals surface area contributed by atoms with Gasteiger partial charge in [0.05, 0.1) is 0 Å². The number of phenolic OH excluding ortho intramolecular Hbond substituents is 2. The summed E-state index contributed by atoms with van der Waals surface area (Å²) in [6.45, 7) is 0. The zero-order valence-corrected chi connectivity index (χ0v) is 22.4. The Labute approximate surface area is 226 Å². The molecule has 0 spiro atoms. The summed E-state index contributed by atoms with van der Waals surface area (Å²) < 4.78 is 63.9. The molecule has 3 aromatic rings. The van der Waals surface area contributed by atoms with Crippen LogP contribution in [0.1, 0.15) is 0 Å². The van der Waals surface area contributed by atoms with Crippen LogP contribution in [0.4, 0.5) is 11.4 Å². The summed E-state index contributed by atoms with van der Waals surface area (Å²) >= 11 is 5.76. The summed E-state index contributed by atoms with van der Waals surface area (Å²) in [5.74, 6) is -1.39. The zero-order valence-electron chi connectivity index (χ0n) is 16.1. The monoisotopic (exact) mass is 504 g/mol. The maximum absolute atomic E-state index is 11.5. The average Bonchev–Trinajstić information content (AvgIpc) is 2.61. The fourth-order valence-electron chi connectivity index (χ4n) is 2.55. The number of aromatic hydroxyl groups is 2. The van der Waals surface area contributed by atoms with Crippen LogP contribution in [0.3, 0.4) is 0 Å². The third-order valence-electron chi connectivity index (χ3n) is 3.81. The summed E-state index contributed by atoms with van der Waals surface area (Å²) in [5, 5.41) is 27.6. The van der Waals surface area contributed by atoms with E-state index in [0.29, 0.717) is 0 Å². The average molecular weight is 505 g/mol. The summed E-state index contributed by atoms with van der Waals surface area (Å²) in [5.41, 5.74) is -0.561. The minimum Gasteiger partial charge on any atom is -0.505 e. The van der Waals surface area contributed by atoms with E-state index in [1.54, 1.807) is 0 Å². The van der Waals surface area contributed by atoms with Gasteiger partial charge < -0.3 is 10.2 Å². The van der Waals surface area contributed by atoms with Crippen LogP contribution in [0.5, 0.6) is 11.5 Å². The Hall–Kier alpha value is -0.770. The number of fused-ring (bicyclic) bond motifs is 1. The molecule has 0 saturated heterocycles. The van der Waals surface area contributed by atoms with Gasteiger partial charge >= 0.3 is 0 Å². The molecule has 0 aromatic heterocycles. The van der Waals surface area contributed by atoms with Crippen LogP contribution in [0.25, 0.3) is 10.8 Å². The Morgan fingerprint density at radius 3 is 1.87 bits per heavy atom.